The van der Waals surface area contributed by atoms with Gasteiger partial charge in [0, 0.05) is 37.1 Å². The summed E-state index contributed by atoms with van der Waals surface area (Å²) in [6, 6.07) is 18.2. The van der Waals surface area contributed by atoms with Crippen LogP contribution in [0.5, 0.6) is 5.75 Å². The number of carbonyl (C=O) groups excluding carboxylic acids is 1. The second-order valence-electron chi connectivity index (χ2n) is 6.91. The zero-order valence-electron chi connectivity index (χ0n) is 16.6. The molecule has 150 valence electrons. The maximum atomic E-state index is 11.5. The van der Waals surface area contributed by atoms with Crippen molar-refractivity contribution in [1.82, 2.24) is 10.3 Å². The third-order valence-electron chi connectivity index (χ3n) is 4.95. The summed E-state index contributed by atoms with van der Waals surface area (Å²) in [5.74, 6) is 1.29. The van der Waals surface area contributed by atoms with Gasteiger partial charge in [-0.15, -0.1) is 0 Å². The van der Waals surface area contributed by atoms with Gasteiger partial charge in [0.2, 0.25) is 0 Å². The highest BCUT2D eigenvalue weighted by Crippen LogP contribution is 2.31. The summed E-state index contributed by atoms with van der Waals surface area (Å²) in [6.07, 6.45) is 0. The molecule has 29 heavy (non-hydrogen) atoms. The summed E-state index contributed by atoms with van der Waals surface area (Å²) in [5.41, 5.74) is 1.93. The number of esters is 1. The predicted octanol–water partition coefficient (Wildman–Crippen LogP) is 3.25. The number of hydrogen-bond donors (Lipinski definition) is 1. The molecule has 1 aliphatic rings. The molecule has 0 unspecified atom stereocenters. The maximum absolute atomic E-state index is 11.5. The molecule has 0 aliphatic carbocycles. The molecule has 0 bridgehead atoms. The standard InChI is InChI=1S/C23H25N3O3/c1-2-28-22(27)16-29-19-9-7-17(8-10-19)21-15-18-5-3-4-6-20(18)23(25-21)26-13-11-24-12-14-26/h3-10,15,24H,2,11-14,16H2,1H3. The number of fused-ring (bicyclic) bond motifs is 1. The van der Waals surface area contributed by atoms with Crippen LogP contribution in [0.2, 0.25) is 0 Å². The van der Waals surface area contributed by atoms with Gasteiger partial charge in [-0.25, -0.2) is 9.78 Å². The minimum atomic E-state index is -0.367. The molecule has 6 heteroatoms. The number of ether oxygens (including phenoxy) is 2. The molecule has 0 atom stereocenters. The Morgan fingerprint density at radius 3 is 2.62 bits per heavy atom. The quantitative estimate of drug-likeness (QED) is 0.651. The average Bonchev–Trinajstić information content (AvgIpc) is 2.78. The van der Waals surface area contributed by atoms with E-state index in [9.17, 15) is 4.79 Å². The van der Waals surface area contributed by atoms with E-state index in [4.69, 9.17) is 14.5 Å². The Hall–Kier alpha value is -3.12. The van der Waals surface area contributed by atoms with Crippen molar-refractivity contribution in [3.63, 3.8) is 0 Å². The summed E-state index contributed by atoms with van der Waals surface area (Å²) in [6.45, 7) is 5.86. The van der Waals surface area contributed by atoms with Crippen molar-refractivity contribution in [2.24, 2.45) is 0 Å². The zero-order valence-corrected chi connectivity index (χ0v) is 16.6. The number of rotatable bonds is 6. The van der Waals surface area contributed by atoms with Gasteiger partial charge in [0.1, 0.15) is 11.6 Å². The van der Waals surface area contributed by atoms with E-state index in [1.165, 1.54) is 10.8 Å². The molecule has 2 heterocycles. The first-order valence-electron chi connectivity index (χ1n) is 9.99. The fraction of sp³-hybridized carbons (Fsp3) is 0.304. The molecule has 4 rings (SSSR count). The highest BCUT2D eigenvalue weighted by atomic mass is 16.6. The van der Waals surface area contributed by atoms with Crippen LogP contribution in [0, 0.1) is 0 Å². The summed E-state index contributed by atoms with van der Waals surface area (Å²) in [4.78, 5) is 18.8. The van der Waals surface area contributed by atoms with Crippen LogP contribution in [0.15, 0.2) is 54.6 Å². The lowest BCUT2D eigenvalue weighted by Gasteiger charge is -2.29. The first-order valence-corrected chi connectivity index (χ1v) is 9.99. The monoisotopic (exact) mass is 391 g/mol. The average molecular weight is 391 g/mol. The summed E-state index contributed by atoms with van der Waals surface area (Å²) in [7, 11) is 0. The molecule has 1 saturated heterocycles. The highest BCUT2D eigenvalue weighted by Gasteiger charge is 2.16. The van der Waals surface area contributed by atoms with Crippen molar-refractivity contribution in [2.75, 3.05) is 44.3 Å². The van der Waals surface area contributed by atoms with Crippen LogP contribution in [0.1, 0.15) is 6.92 Å². The van der Waals surface area contributed by atoms with Crippen molar-refractivity contribution >= 4 is 22.6 Å². The third-order valence-corrected chi connectivity index (χ3v) is 4.95. The van der Waals surface area contributed by atoms with Crippen molar-refractivity contribution < 1.29 is 14.3 Å². The van der Waals surface area contributed by atoms with Gasteiger partial charge in [-0.05, 0) is 42.6 Å². The molecule has 1 N–H and O–H groups in total. The van der Waals surface area contributed by atoms with Crippen LogP contribution in [-0.2, 0) is 9.53 Å². The zero-order chi connectivity index (χ0) is 20.1. The fourth-order valence-electron chi connectivity index (χ4n) is 3.51. The van der Waals surface area contributed by atoms with Gasteiger partial charge >= 0.3 is 5.97 Å². The van der Waals surface area contributed by atoms with Gasteiger partial charge in [-0.1, -0.05) is 24.3 Å². The Kier molecular flexibility index (Phi) is 5.91. The van der Waals surface area contributed by atoms with Crippen molar-refractivity contribution in [1.29, 1.82) is 0 Å². The number of benzene rings is 2. The number of hydrogen-bond acceptors (Lipinski definition) is 6. The van der Waals surface area contributed by atoms with E-state index in [1.807, 2.05) is 24.3 Å². The van der Waals surface area contributed by atoms with Crippen molar-refractivity contribution in [2.45, 2.75) is 6.92 Å². The van der Waals surface area contributed by atoms with Gasteiger partial charge in [0.15, 0.2) is 6.61 Å². The van der Waals surface area contributed by atoms with E-state index in [1.54, 1.807) is 6.92 Å². The molecule has 1 fully saturated rings. The van der Waals surface area contributed by atoms with E-state index < -0.39 is 0 Å². The van der Waals surface area contributed by atoms with Crippen molar-refractivity contribution in [3.8, 4) is 17.0 Å². The van der Waals surface area contributed by atoms with Gasteiger partial charge < -0.3 is 19.7 Å². The molecule has 0 radical (unpaired) electrons. The van der Waals surface area contributed by atoms with E-state index in [0.29, 0.717) is 12.4 Å². The van der Waals surface area contributed by atoms with Gasteiger partial charge in [0.25, 0.3) is 0 Å². The molecule has 3 aromatic rings. The van der Waals surface area contributed by atoms with Gasteiger partial charge in [-0.2, -0.15) is 0 Å². The lowest BCUT2D eigenvalue weighted by Crippen LogP contribution is -2.44. The molecular weight excluding hydrogens is 366 g/mol. The SMILES string of the molecule is CCOC(=O)COc1ccc(-c2cc3ccccc3c(N3CCNCC3)n2)cc1. The second kappa shape index (κ2) is 8.92. The molecule has 1 aliphatic heterocycles. The Morgan fingerprint density at radius 1 is 1.10 bits per heavy atom. The van der Waals surface area contributed by atoms with Gasteiger partial charge in [-0.3, -0.25) is 0 Å². The summed E-state index contributed by atoms with van der Waals surface area (Å²) in [5, 5.41) is 5.74. The van der Waals surface area contributed by atoms with Crippen LogP contribution >= 0.6 is 0 Å². The van der Waals surface area contributed by atoms with Gasteiger partial charge in [0.05, 0.1) is 12.3 Å². The Balaban J connectivity index is 1.61. The fourth-order valence-corrected chi connectivity index (χ4v) is 3.51. The summed E-state index contributed by atoms with van der Waals surface area (Å²) >= 11 is 0. The van der Waals surface area contributed by atoms with E-state index in [0.717, 1.165) is 43.3 Å². The van der Waals surface area contributed by atoms with Crippen LogP contribution in [0.3, 0.4) is 0 Å². The highest BCUT2D eigenvalue weighted by molar-refractivity contribution is 5.95. The minimum Gasteiger partial charge on any atom is -0.482 e. The molecule has 0 amide bonds. The molecule has 0 saturated carbocycles. The number of pyridine rings is 1. The molecule has 2 aromatic carbocycles. The second-order valence-corrected chi connectivity index (χ2v) is 6.91. The van der Waals surface area contributed by atoms with Crippen LogP contribution in [-0.4, -0.2) is 50.3 Å². The van der Waals surface area contributed by atoms with E-state index in [-0.39, 0.29) is 12.6 Å². The molecule has 0 spiro atoms. The van der Waals surface area contributed by atoms with Crippen molar-refractivity contribution in [3.05, 3.63) is 54.6 Å². The number of nitrogens with one attached hydrogen (secondary N) is 1. The Labute approximate surface area is 170 Å². The number of carbonyl (C=O) groups is 1. The Morgan fingerprint density at radius 2 is 1.86 bits per heavy atom. The molecule has 1 aromatic heterocycles. The number of nitrogens with zero attached hydrogens (tertiary/aromatic N) is 2. The minimum absolute atomic E-state index is 0.0887. The largest absolute Gasteiger partial charge is 0.482 e. The normalized spacial score (nSPS) is 14.0. The van der Waals surface area contributed by atoms with Crippen LogP contribution in [0.4, 0.5) is 5.82 Å². The number of aromatic nitrogens is 1. The van der Waals surface area contributed by atoms with E-state index >= 15 is 0 Å². The van der Waals surface area contributed by atoms with E-state index in [2.05, 4.69) is 40.5 Å². The molecular formula is C23H25N3O3. The Bertz CT molecular complexity index is 982. The predicted molar refractivity (Wildman–Crippen MR) is 114 cm³/mol. The molecule has 6 nitrogen and oxygen atoms in total. The lowest BCUT2D eigenvalue weighted by atomic mass is 10.1. The van der Waals surface area contributed by atoms with Crippen LogP contribution in [0.25, 0.3) is 22.0 Å². The summed E-state index contributed by atoms with van der Waals surface area (Å²) < 4.78 is 10.4. The topological polar surface area (TPSA) is 63.7 Å². The number of piperazine rings is 1. The van der Waals surface area contributed by atoms with Crippen LogP contribution < -0.4 is 15.0 Å². The lowest BCUT2D eigenvalue weighted by molar-refractivity contribution is -0.145. The third kappa shape index (κ3) is 4.49. The smallest absolute Gasteiger partial charge is 0.344 e. The maximum Gasteiger partial charge on any atom is 0.344 e. The first-order chi connectivity index (χ1) is 14.2. The number of anilines is 1. The first kappa shape index (κ1) is 19.2.